The van der Waals surface area contributed by atoms with Gasteiger partial charge in [0.2, 0.25) is 0 Å². The lowest BCUT2D eigenvalue weighted by molar-refractivity contribution is -0.0999. The van der Waals surface area contributed by atoms with Crippen molar-refractivity contribution in [1.82, 2.24) is 10.3 Å². The smallest absolute Gasteiger partial charge is 0.0554 e. The average Bonchev–Trinajstić information content (AvgIpc) is 2.24. The molecule has 3 nitrogen and oxygen atoms in total. The second kappa shape index (κ2) is 4.29. The molecule has 1 N–H and O–H groups in total. The number of ether oxygens (including phenoxy) is 1. The molecule has 15 heavy (non-hydrogen) atoms. The van der Waals surface area contributed by atoms with Gasteiger partial charge in [0.15, 0.2) is 0 Å². The molecule has 2 rings (SSSR count). The topological polar surface area (TPSA) is 34.1 Å². The van der Waals surface area contributed by atoms with Crippen molar-refractivity contribution in [3.8, 4) is 0 Å². The standard InChI is InChI=1S/C12H18N2O/c1-10(11-4-3-5-13-6-11)14-7-12(2)8-15-9-12/h3-6,10,14H,7-9H2,1-2H3. The molecule has 0 aliphatic carbocycles. The molecule has 1 unspecified atom stereocenters. The highest BCUT2D eigenvalue weighted by atomic mass is 16.5. The number of hydrogen-bond donors (Lipinski definition) is 1. The zero-order valence-corrected chi connectivity index (χ0v) is 9.36. The molecule has 1 atom stereocenters. The summed E-state index contributed by atoms with van der Waals surface area (Å²) in [5.41, 5.74) is 1.57. The molecule has 3 heteroatoms. The van der Waals surface area contributed by atoms with Gasteiger partial charge >= 0.3 is 0 Å². The van der Waals surface area contributed by atoms with Crippen molar-refractivity contribution in [2.75, 3.05) is 19.8 Å². The number of aromatic nitrogens is 1. The number of nitrogens with one attached hydrogen (secondary N) is 1. The van der Waals surface area contributed by atoms with Crippen molar-refractivity contribution in [3.63, 3.8) is 0 Å². The Kier molecular flexibility index (Phi) is 3.03. The van der Waals surface area contributed by atoms with E-state index >= 15 is 0 Å². The van der Waals surface area contributed by atoms with Gasteiger partial charge in [0, 0.05) is 30.4 Å². The lowest BCUT2D eigenvalue weighted by Crippen LogP contribution is -2.47. The number of rotatable bonds is 4. The van der Waals surface area contributed by atoms with Crippen LogP contribution in [-0.4, -0.2) is 24.7 Å². The Morgan fingerprint density at radius 3 is 2.93 bits per heavy atom. The van der Waals surface area contributed by atoms with Crippen LogP contribution < -0.4 is 5.32 Å². The normalized spacial score (nSPS) is 20.7. The molecule has 1 aromatic rings. The summed E-state index contributed by atoms with van der Waals surface area (Å²) in [6, 6.07) is 4.43. The quantitative estimate of drug-likeness (QED) is 0.815. The Labute approximate surface area is 90.9 Å². The van der Waals surface area contributed by atoms with E-state index in [1.807, 2.05) is 12.3 Å². The van der Waals surface area contributed by atoms with Gasteiger partial charge in [-0.25, -0.2) is 0 Å². The van der Waals surface area contributed by atoms with Crippen LogP contribution in [-0.2, 0) is 4.74 Å². The first-order valence-corrected chi connectivity index (χ1v) is 5.41. The van der Waals surface area contributed by atoms with Gasteiger partial charge in [-0.3, -0.25) is 4.98 Å². The molecule has 1 aromatic heterocycles. The van der Waals surface area contributed by atoms with Crippen LogP contribution >= 0.6 is 0 Å². The third kappa shape index (κ3) is 2.55. The molecule has 0 aromatic carbocycles. The summed E-state index contributed by atoms with van der Waals surface area (Å²) in [6.45, 7) is 7.17. The lowest BCUT2D eigenvalue weighted by Gasteiger charge is -2.39. The van der Waals surface area contributed by atoms with Crippen LogP contribution in [0.25, 0.3) is 0 Å². The van der Waals surface area contributed by atoms with E-state index in [9.17, 15) is 0 Å². The Morgan fingerprint density at radius 2 is 2.40 bits per heavy atom. The molecule has 1 saturated heterocycles. The van der Waals surface area contributed by atoms with E-state index < -0.39 is 0 Å². The molecule has 2 heterocycles. The Balaban J connectivity index is 1.85. The fourth-order valence-electron chi connectivity index (χ4n) is 1.70. The molecule has 0 amide bonds. The maximum absolute atomic E-state index is 5.22. The minimum Gasteiger partial charge on any atom is -0.380 e. The van der Waals surface area contributed by atoms with E-state index in [0.717, 1.165) is 19.8 Å². The zero-order valence-electron chi connectivity index (χ0n) is 9.36. The lowest BCUT2D eigenvalue weighted by atomic mass is 9.88. The van der Waals surface area contributed by atoms with Crippen LogP contribution in [0.1, 0.15) is 25.5 Å². The van der Waals surface area contributed by atoms with Crippen LogP contribution in [0.4, 0.5) is 0 Å². The van der Waals surface area contributed by atoms with E-state index in [-0.39, 0.29) is 0 Å². The van der Waals surface area contributed by atoms with E-state index in [1.165, 1.54) is 5.56 Å². The summed E-state index contributed by atoms with van der Waals surface area (Å²) >= 11 is 0. The largest absolute Gasteiger partial charge is 0.380 e. The molecular weight excluding hydrogens is 188 g/mol. The van der Waals surface area contributed by atoms with Crippen LogP contribution in [0.2, 0.25) is 0 Å². The Bertz CT molecular complexity index is 309. The SMILES string of the molecule is CC(NCC1(C)COC1)c1cccnc1. The highest BCUT2D eigenvalue weighted by Gasteiger charge is 2.33. The molecule has 1 aliphatic heterocycles. The van der Waals surface area contributed by atoms with Gasteiger partial charge in [-0.15, -0.1) is 0 Å². The van der Waals surface area contributed by atoms with Crippen LogP contribution in [0.15, 0.2) is 24.5 Å². The zero-order chi connectivity index (χ0) is 10.7. The summed E-state index contributed by atoms with van der Waals surface area (Å²) in [5.74, 6) is 0. The minimum atomic E-state index is 0.330. The molecule has 0 radical (unpaired) electrons. The molecule has 1 fully saturated rings. The van der Waals surface area contributed by atoms with Gasteiger partial charge in [0.05, 0.1) is 13.2 Å². The van der Waals surface area contributed by atoms with E-state index in [1.54, 1.807) is 6.20 Å². The average molecular weight is 206 g/mol. The molecule has 0 saturated carbocycles. The number of hydrogen-bond acceptors (Lipinski definition) is 3. The fourth-order valence-corrected chi connectivity index (χ4v) is 1.70. The summed E-state index contributed by atoms with van der Waals surface area (Å²) in [5, 5.41) is 3.52. The summed E-state index contributed by atoms with van der Waals surface area (Å²) in [7, 11) is 0. The minimum absolute atomic E-state index is 0.330. The fraction of sp³-hybridized carbons (Fsp3) is 0.583. The first-order valence-electron chi connectivity index (χ1n) is 5.41. The van der Waals surface area contributed by atoms with Crippen molar-refractivity contribution in [2.45, 2.75) is 19.9 Å². The predicted molar refractivity (Wildman–Crippen MR) is 59.6 cm³/mol. The summed E-state index contributed by atoms with van der Waals surface area (Å²) in [4.78, 5) is 4.12. The molecule has 0 bridgehead atoms. The van der Waals surface area contributed by atoms with Gasteiger partial charge in [0.1, 0.15) is 0 Å². The Hall–Kier alpha value is -0.930. The number of pyridine rings is 1. The van der Waals surface area contributed by atoms with Crippen molar-refractivity contribution in [3.05, 3.63) is 30.1 Å². The van der Waals surface area contributed by atoms with Crippen LogP contribution in [0.5, 0.6) is 0 Å². The highest BCUT2D eigenvalue weighted by Crippen LogP contribution is 2.26. The third-order valence-corrected chi connectivity index (χ3v) is 2.92. The molecular formula is C12H18N2O. The van der Waals surface area contributed by atoms with E-state index in [2.05, 4.69) is 30.2 Å². The molecule has 82 valence electrons. The highest BCUT2D eigenvalue weighted by molar-refractivity contribution is 5.12. The second-order valence-corrected chi connectivity index (χ2v) is 4.69. The third-order valence-electron chi connectivity index (χ3n) is 2.92. The van der Waals surface area contributed by atoms with Gasteiger partial charge in [0.25, 0.3) is 0 Å². The first-order chi connectivity index (χ1) is 7.20. The van der Waals surface area contributed by atoms with E-state index in [4.69, 9.17) is 4.74 Å². The maximum atomic E-state index is 5.22. The van der Waals surface area contributed by atoms with Gasteiger partial charge in [-0.1, -0.05) is 13.0 Å². The Morgan fingerprint density at radius 1 is 1.60 bits per heavy atom. The van der Waals surface area contributed by atoms with Gasteiger partial charge < -0.3 is 10.1 Å². The summed E-state index contributed by atoms with van der Waals surface area (Å²) in [6.07, 6.45) is 3.72. The maximum Gasteiger partial charge on any atom is 0.0554 e. The monoisotopic (exact) mass is 206 g/mol. The van der Waals surface area contributed by atoms with Crippen molar-refractivity contribution in [2.24, 2.45) is 5.41 Å². The van der Waals surface area contributed by atoms with Crippen molar-refractivity contribution >= 4 is 0 Å². The summed E-state index contributed by atoms with van der Waals surface area (Å²) < 4.78 is 5.22. The van der Waals surface area contributed by atoms with Crippen molar-refractivity contribution < 1.29 is 4.74 Å². The molecule has 0 spiro atoms. The van der Waals surface area contributed by atoms with E-state index in [0.29, 0.717) is 11.5 Å². The predicted octanol–water partition coefficient (Wildman–Crippen LogP) is 1.77. The van der Waals surface area contributed by atoms with Gasteiger partial charge in [-0.2, -0.15) is 0 Å². The van der Waals surface area contributed by atoms with Crippen LogP contribution in [0.3, 0.4) is 0 Å². The van der Waals surface area contributed by atoms with Crippen molar-refractivity contribution in [1.29, 1.82) is 0 Å². The first kappa shape index (κ1) is 10.6. The number of nitrogens with zero attached hydrogens (tertiary/aromatic N) is 1. The second-order valence-electron chi connectivity index (χ2n) is 4.69. The van der Waals surface area contributed by atoms with Gasteiger partial charge in [-0.05, 0) is 18.6 Å². The van der Waals surface area contributed by atoms with Crippen LogP contribution in [0, 0.1) is 5.41 Å². The molecule has 1 aliphatic rings.